The molecule has 1 unspecified atom stereocenters. The van der Waals surface area contributed by atoms with E-state index >= 15 is 0 Å². The molecule has 0 fully saturated rings. The van der Waals surface area contributed by atoms with Crippen molar-refractivity contribution in [2.24, 2.45) is 10.9 Å². The van der Waals surface area contributed by atoms with Crippen LogP contribution in [0.1, 0.15) is 37.4 Å². The van der Waals surface area contributed by atoms with Crippen LogP contribution in [0.3, 0.4) is 0 Å². The normalized spacial score (nSPS) is 20.2. The van der Waals surface area contributed by atoms with Crippen LogP contribution in [0.25, 0.3) is 0 Å². The van der Waals surface area contributed by atoms with Crippen molar-refractivity contribution in [1.29, 1.82) is 0 Å². The van der Waals surface area contributed by atoms with E-state index in [1.165, 1.54) is 6.07 Å². The Hall–Kier alpha value is -2.57. The third kappa shape index (κ3) is 4.09. The zero-order valence-electron chi connectivity index (χ0n) is 17.0. The molecule has 1 atom stereocenters. The van der Waals surface area contributed by atoms with E-state index < -0.39 is 17.8 Å². The number of hydrogen-bond donors (Lipinski definition) is 0. The number of halogens is 3. The number of carbonyl (C=O) groups excluding carboxylic acids is 1. The van der Waals surface area contributed by atoms with Crippen molar-refractivity contribution < 1.29 is 18.0 Å². The topological polar surface area (TPSA) is 35.9 Å². The Morgan fingerprint density at radius 2 is 2.07 bits per heavy atom. The lowest BCUT2D eigenvalue weighted by molar-refractivity contribution is -0.137. The molecule has 0 saturated heterocycles. The zero-order valence-corrected chi connectivity index (χ0v) is 17.0. The Kier molecular flexibility index (Phi) is 5.87. The molecule has 0 aliphatic carbocycles. The van der Waals surface area contributed by atoms with E-state index in [9.17, 15) is 18.0 Å². The summed E-state index contributed by atoms with van der Waals surface area (Å²) in [6.07, 6.45) is -2.18. The van der Waals surface area contributed by atoms with Gasteiger partial charge in [-0.1, -0.05) is 32.1 Å². The van der Waals surface area contributed by atoms with Gasteiger partial charge >= 0.3 is 6.18 Å². The molecule has 0 radical (unpaired) electrons. The van der Waals surface area contributed by atoms with Crippen LogP contribution in [0.2, 0.25) is 0 Å². The highest BCUT2D eigenvalue weighted by Crippen LogP contribution is 2.42. The third-order valence-electron chi connectivity index (χ3n) is 5.19. The molecule has 156 valence electrons. The number of aliphatic imine (C=N–C) groups is 1. The number of rotatable bonds is 5. The van der Waals surface area contributed by atoms with Gasteiger partial charge in [-0.2, -0.15) is 13.2 Å². The molecule has 29 heavy (non-hydrogen) atoms. The Bertz CT molecular complexity index is 870. The summed E-state index contributed by atoms with van der Waals surface area (Å²) >= 11 is 0. The highest BCUT2D eigenvalue weighted by Gasteiger charge is 2.44. The van der Waals surface area contributed by atoms with E-state index in [4.69, 9.17) is 4.99 Å². The van der Waals surface area contributed by atoms with E-state index in [0.717, 1.165) is 23.4 Å². The lowest BCUT2D eigenvalue weighted by Crippen LogP contribution is -2.34. The first-order chi connectivity index (χ1) is 13.6. The molecule has 2 heterocycles. The Labute approximate surface area is 169 Å². The number of nitrogens with zero attached hydrogens (tertiary/aromatic N) is 3. The first-order valence-corrected chi connectivity index (χ1v) is 9.73. The molecule has 1 aromatic rings. The Morgan fingerprint density at radius 1 is 1.34 bits per heavy atom. The molecule has 3 rings (SSSR count). The fourth-order valence-electron chi connectivity index (χ4n) is 3.97. The van der Waals surface area contributed by atoms with Crippen LogP contribution in [0.15, 0.2) is 53.2 Å². The molecule has 0 aromatic heterocycles. The summed E-state index contributed by atoms with van der Waals surface area (Å²) in [5, 5.41) is 0. The highest BCUT2D eigenvalue weighted by atomic mass is 19.4. The van der Waals surface area contributed by atoms with Gasteiger partial charge in [0.1, 0.15) is 5.70 Å². The molecule has 0 spiro atoms. The van der Waals surface area contributed by atoms with Crippen LogP contribution in [-0.2, 0) is 11.0 Å². The Balaban J connectivity index is 2.20. The summed E-state index contributed by atoms with van der Waals surface area (Å²) in [4.78, 5) is 21.5. The van der Waals surface area contributed by atoms with Crippen LogP contribution in [0.5, 0.6) is 0 Å². The predicted molar refractivity (Wildman–Crippen MR) is 108 cm³/mol. The second-order valence-electron chi connectivity index (χ2n) is 7.88. The van der Waals surface area contributed by atoms with Gasteiger partial charge in [0.05, 0.1) is 18.2 Å². The summed E-state index contributed by atoms with van der Waals surface area (Å²) in [6, 6.07) is 4.62. The standard InChI is InChI=1S/C22H26F3N3O/c1-5-10-28-19(15-7-6-8-16(13-15)22(23,24)25)18-17(12-14(2)3)26-9-11-27(4)20(18)21(28)29/h5-8,13-14,19H,1,9-12H2,2-4H3. The second-order valence-corrected chi connectivity index (χ2v) is 7.88. The minimum Gasteiger partial charge on any atom is -0.368 e. The maximum absolute atomic E-state index is 13.3. The van der Waals surface area contributed by atoms with E-state index in [1.807, 2.05) is 11.9 Å². The highest BCUT2D eigenvalue weighted by molar-refractivity contribution is 6.12. The van der Waals surface area contributed by atoms with Crippen molar-refractivity contribution in [1.82, 2.24) is 9.80 Å². The fraction of sp³-hybridized carbons (Fsp3) is 0.455. The van der Waals surface area contributed by atoms with Gasteiger partial charge in [-0.15, -0.1) is 6.58 Å². The number of carbonyl (C=O) groups is 1. The molecular weight excluding hydrogens is 379 g/mol. The van der Waals surface area contributed by atoms with Gasteiger partial charge in [-0.3, -0.25) is 9.79 Å². The first kappa shape index (κ1) is 21.1. The third-order valence-corrected chi connectivity index (χ3v) is 5.19. The van der Waals surface area contributed by atoms with Gasteiger partial charge in [-0.05, 0) is 30.0 Å². The molecule has 0 saturated carbocycles. The lowest BCUT2D eigenvalue weighted by Gasteiger charge is -2.28. The van der Waals surface area contributed by atoms with Gasteiger partial charge in [0, 0.05) is 31.4 Å². The van der Waals surface area contributed by atoms with Gasteiger partial charge in [0.2, 0.25) is 0 Å². The predicted octanol–water partition coefficient (Wildman–Crippen LogP) is 4.46. The molecule has 4 nitrogen and oxygen atoms in total. The van der Waals surface area contributed by atoms with Crippen LogP contribution >= 0.6 is 0 Å². The van der Waals surface area contributed by atoms with E-state index in [0.29, 0.717) is 36.7 Å². The molecular formula is C22H26F3N3O. The maximum atomic E-state index is 13.3. The summed E-state index contributed by atoms with van der Waals surface area (Å²) < 4.78 is 40.0. The van der Waals surface area contributed by atoms with Crippen LogP contribution in [-0.4, -0.2) is 48.1 Å². The van der Waals surface area contributed by atoms with Gasteiger partial charge < -0.3 is 9.80 Å². The number of likely N-dealkylation sites (N-methyl/N-ethyl adjacent to an activating group) is 1. The lowest BCUT2D eigenvalue weighted by atomic mass is 9.90. The van der Waals surface area contributed by atoms with E-state index in [1.54, 1.807) is 17.0 Å². The summed E-state index contributed by atoms with van der Waals surface area (Å²) in [5.74, 6) is 0.111. The van der Waals surface area contributed by atoms with E-state index in [2.05, 4.69) is 20.4 Å². The second kappa shape index (κ2) is 8.05. The van der Waals surface area contributed by atoms with Crippen molar-refractivity contribution >= 4 is 11.6 Å². The minimum atomic E-state index is -4.45. The number of benzene rings is 1. The van der Waals surface area contributed by atoms with Gasteiger partial charge in [-0.25, -0.2) is 0 Å². The minimum absolute atomic E-state index is 0.192. The number of amides is 1. The molecule has 0 bridgehead atoms. The number of hydrogen-bond acceptors (Lipinski definition) is 3. The summed E-state index contributed by atoms with van der Waals surface area (Å²) in [6.45, 7) is 9.24. The van der Waals surface area contributed by atoms with Gasteiger partial charge in [0.15, 0.2) is 0 Å². The molecule has 1 aromatic carbocycles. The summed E-state index contributed by atoms with van der Waals surface area (Å²) in [7, 11) is 1.83. The fourth-order valence-corrected chi connectivity index (χ4v) is 3.97. The van der Waals surface area contributed by atoms with Gasteiger partial charge in [0.25, 0.3) is 5.91 Å². The molecule has 2 aliphatic heterocycles. The van der Waals surface area contributed by atoms with Crippen molar-refractivity contribution in [3.63, 3.8) is 0 Å². The quantitative estimate of drug-likeness (QED) is 0.678. The van der Waals surface area contributed by atoms with Crippen molar-refractivity contribution in [3.8, 4) is 0 Å². The SMILES string of the molecule is C=CCN1C(=O)C2=C(C(CC(C)C)=NCCN2C)C1c1cccc(C(F)(F)F)c1. The zero-order chi connectivity index (χ0) is 21.3. The molecule has 7 heteroatoms. The van der Waals surface area contributed by atoms with Crippen molar-refractivity contribution in [2.75, 3.05) is 26.7 Å². The molecule has 2 aliphatic rings. The average molecular weight is 405 g/mol. The number of alkyl halides is 3. The largest absolute Gasteiger partial charge is 0.416 e. The average Bonchev–Trinajstić information content (AvgIpc) is 2.83. The first-order valence-electron chi connectivity index (χ1n) is 9.73. The molecule has 1 amide bonds. The van der Waals surface area contributed by atoms with E-state index in [-0.39, 0.29) is 12.5 Å². The Morgan fingerprint density at radius 3 is 2.69 bits per heavy atom. The van der Waals surface area contributed by atoms with Crippen LogP contribution in [0.4, 0.5) is 13.2 Å². The van der Waals surface area contributed by atoms with Crippen LogP contribution < -0.4 is 0 Å². The van der Waals surface area contributed by atoms with Crippen molar-refractivity contribution in [2.45, 2.75) is 32.5 Å². The summed E-state index contributed by atoms with van der Waals surface area (Å²) in [5.41, 5.74) is 1.78. The van der Waals surface area contributed by atoms with Crippen LogP contribution in [0, 0.1) is 5.92 Å². The monoisotopic (exact) mass is 405 g/mol. The van der Waals surface area contributed by atoms with Crippen molar-refractivity contribution in [3.05, 3.63) is 59.3 Å². The maximum Gasteiger partial charge on any atom is 0.416 e. The molecule has 0 N–H and O–H groups in total. The smallest absolute Gasteiger partial charge is 0.368 e.